The van der Waals surface area contributed by atoms with Crippen LogP contribution in [0.25, 0.3) is 11.4 Å². The monoisotopic (exact) mass is 366 g/mol. The summed E-state index contributed by atoms with van der Waals surface area (Å²) in [7, 11) is 0. The fourth-order valence-electron chi connectivity index (χ4n) is 1.55. The number of carboxylic acid groups (broad SMARTS) is 1. The topological polar surface area (TPSA) is 83.3 Å². The third-order valence-electron chi connectivity index (χ3n) is 2.84. The van der Waals surface area contributed by atoms with Crippen molar-refractivity contribution in [3.63, 3.8) is 0 Å². The van der Waals surface area contributed by atoms with Crippen molar-refractivity contribution in [2.24, 2.45) is 0 Å². The number of halogens is 1. The van der Waals surface area contributed by atoms with Gasteiger partial charge in [-0.3, -0.25) is 14.8 Å². The van der Waals surface area contributed by atoms with Crippen molar-refractivity contribution < 1.29 is 15.0 Å². The smallest absolute Gasteiger partial charge is 0.320 e. The minimum absolute atomic E-state index is 0.0362. The standard InChI is InChI=1S/C10H8N2.C6H11BrO3/c1-3-7-11-9(5-1)10-6-2-4-8-12-10;1-6(7,5(9)10)3-2-4-8/h1-8H;8H,2-4H2,1H3,(H,9,10). The number of aliphatic hydroxyl groups is 1. The van der Waals surface area contributed by atoms with Crippen molar-refractivity contribution in [2.75, 3.05) is 6.61 Å². The zero-order chi connectivity index (χ0) is 16.4. The SMILES string of the molecule is CC(Br)(CCCO)C(=O)O.c1ccc(-c2ccccn2)nc1. The lowest BCUT2D eigenvalue weighted by molar-refractivity contribution is -0.139. The zero-order valence-corrected chi connectivity index (χ0v) is 13.9. The molecule has 0 amide bonds. The fourth-order valence-corrected chi connectivity index (χ4v) is 1.83. The van der Waals surface area contributed by atoms with E-state index in [1.54, 1.807) is 19.3 Å². The molecular formula is C16H19BrN2O3. The van der Waals surface area contributed by atoms with Gasteiger partial charge in [-0.1, -0.05) is 28.1 Å². The van der Waals surface area contributed by atoms with Crippen molar-refractivity contribution in [1.29, 1.82) is 0 Å². The van der Waals surface area contributed by atoms with Crippen LogP contribution in [0, 0.1) is 0 Å². The highest BCUT2D eigenvalue weighted by molar-refractivity contribution is 9.10. The maximum absolute atomic E-state index is 10.4. The molecule has 0 bridgehead atoms. The maximum atomic E-state index is 10.4. The van der Waals surface area contributed by atoms with Crippen molar-refractivity contribution in [1.82, 2.24) is 9.97 Å². The second kappa shape index (κ2) is 9.27. The first-order valence-electron chi connectivity index (χ1n) is 6.83. The van der Waals surface area contributed by atoms with Crippen LogP contribution >= 0.6 is 15.9 Å². The molecule has 22 heavy (non-hydrogen) atoms. The molecule has 2 N–H and O–H groups in total. The molecule has 0 radical (unpaired) electrons. The lowest BCUT2D eigenvalue weighted by Gasteiger charge is -2.15. The van der Waals surface area contributed by atoms with Crippen LogP contribution in [0.15, 0.2) is 48.8 Å². The van der Waals surface area contributed by atoms with Crippen LogP contribution in [-0.2, 0) is 4.79 Å². The van der Waals surface area contributed by atoms with Gasteiger partial charge < -0.3 is 10.2 Å². The molecule has 0 aromatic carbocycles. The summed E-state index contributed by atoms with van der Waals surface area (Å²) in [4.78, 5) is 18.8. The lowest BCUT2D eigenvalue weighted by Crippen LogP contribution is -2.27. The molecule has 0 spiro atoms. The molecule has 2 aromatic rings. The van der Waals surface area contributed by atoms with Crippen LogP contribution in [-0.4, -0.2) is 37.1 Å². The molecule has 1 unspecified atom stereocenters. The van der Waals surface area contributed by atoms with Gasteiger partial charge in [0.2, 0.25) is 0 Å². The number of rotatable bonds is 5. The predicted molar refractivity (Wildman–Crippen MR) is 88.8 cm³/mol. The van der Waals surface area contributed by atoms with Crippen molar-refractivity contribution in [2.45, 2.75) is 24.1 Å². The normalized spacial score (nSPS) is 12.7. The summed E-state index contributed by atoms with van der Waals surface area (Å²) in [5.74, 6) is -0.888. The first kappa shape index (κ1) is 18.3. The summed E-state index contributed by atoms with van der Waals surface area (Å²) < 4.78 is -0.879. The van der Waals surface area contributed by atoms with E-state index < -0.39 is 10.3 Å². The number of hydrogen-bond acceptors (Lipinski definition) is 4. The second-order valence-electron chi connectivity index (χ2n) is 4.76. The van der Waals surface area contributed by atoms with Gasteiger partial charge in [-0.15, -0.1) is 0 Å². The van der Waals surface area contributed by atoms with E-state index in [2.05, 4.69) is 25.9 Å². The highest BCUT2D eigenvalue weighted by Crippen LogP contribution is 2.23. The number of carboxylic acids is 1. The Bertz CT molecular complexity index is 525. The Balaban J connectivity index is 0.000000225. The Morgan fingerprint density at radius 3 is 1.95 bits per heavy atom. The van der Waals surface area contributed by atoms with Gasteiger partial charge in [0.05, 0.1) is 11.4 Å². The second-order valence-corrected chi connectivity index (χ2v) is 6.51. The summed E-state index contributed by atoms with van der Waals surface area (Å²) in [6.07, 6.45) is 4.49. The van der Waals surface area contributed by atoms with E-state index >= 15 is 0 Å². The largest absolute Gasteiger partial charge is 0.480 e. The molecule has 2 rings (SSSR count). The molecule has 118 valence electrons. The van der Waals surface area contributed by atoms with E-state index in [1.165, 1.54) is 0 Å². The van der Waals surface area contributed by atoms with Gasteiger partial charge in [0.25, 0.3) is 0 Å². The van der Waals surface area contributed by atoms with Gasteiger partial charge in [-0.25, -0.2) is 0 Å². The van der Waals surface area contributed by atoms with E-state index in [9.17, 15) is 4.79 Å². The highest BCUT2D eigenvalue weighted by atomic mass is 79.9. The molecule has 5 nitrogen and oxygen atoms in total. The molecule has 0 saturated heterocycles. The van der Waals surface area contributed by atoms with Crippen LogP contribution in [0.4, 0.5) is 0 Å². The third kappa shape index (κ3) is 6.32. The first-order valence-corrected chi connectivity index (χ1v) is 7.62. The van der Waals surface area contributed by atoms with Crippen LogP contribution in [0.2, 0.25) is 0 Å². The third-order valence-corrected chi connectivity index (χ3v) is 3.58. The van der Waals surface area contributed by atoms with Gasteiger partial charge in [0.1, 0.15) is 4.32 Å². The predicted octanol–water partition coefficient (Wildman–Crippen LogP) is 3.14. The maximum Gasteiger partial charge on any atom is 0.320 e. The first-order chi connectivity index (χ1) is 10.5. The summed E-state index contributed by atoms with van der Waals surface area (Å²) >= 11 is 3.04. The van der Waals surface area contributed by atoms with E-state index in [0.29, 0.717) is 12.8 Å². The minimum atomic E-state index is -0.888. The van der Waals surface area contributed by atoms with Crippen LogP contribution in [0.5, 0.6) is 0 Å². The molecule has 2 heterocycles. The molecule has 1 atom stereocenters. The number of carbonyl (C=O) groups is 1. The summed E-state index contributed by atoms with van der Waals surface area (Å²) in [5, 5.41) is 16.9. The summed E-state index contributed by atoms with van der Waals surface area (Å²) in [5.41, 5.74) is 1.83. The molecule has 0 aliphatic rings. The van der Waals surface area contributed by atoms with E-state index in [-0.39, 0.29) is 6.61 Å². The molecule has 2 aromatic heterocycles. The van der Waals surface area contributed by atoms with Crippen LogP contribution in [0.3, 0.4) is 0 Å². The van der Waals surface area contributed by atoms with Crippen molar-refractivity contribution in [3.05, 3.63) is 48.8 Å². The Morgan fingerprint density at radius 1 is 1.14 bits per heavy atom. The van der Waals surface area contributed by atoms with Crippen molar-refractivity contribution in [3.8, 4) is 11.4 Å². The Hall–Kier alpha value is -1.79. The molecule has 0 aliphatic heterocycles. The van der Waals surface area contributed by atoms with Crippen molar-refractivity contribution >= 4 is 21.9 Å². The molecule has 6 heteroatoms. The number of alkyl halides is 1. The minimum Gasteiger partial charge on any atom is -0.480 e. The van der Waals surface area contributed by atoms with Gasteiger partial charge in [-0.2, -0.15) is 0 Å². The van der Waals surface area contributed by atoms with Crippen LogP contribution in [0.1, 0.15) is 19.8 Å². The molecule has 0 fully saturated rings. The lowest BCUT2D eigenvalue weighted by atomic mass is 10.1. The number of aromatic nitrogens is 2. The number of hydrogen-bond donors (Lipinski definition) is 2. The van der Waals surface area contributed by atoms with Gasteiger partial charge >= 0.3 is 5.97 Å². The number of aliphatic carboxylic acids is 1. The van der Waals surface area contributed by atoms with E-state index in [1.807, 2.05) is 36.4 Å². The number of nitrogens with zero attached hydrogens (tertiary/aromatic N) is 2. The molecule has 0 aliphatic carbocycles. The summed E-state index contributed by atoms with van der Waals surface area (Å²) in [6.45, 7) is 1.61. The Kier molecular flexibility index (Phi) is 7.70. The van der Waals surface area contributed by atoms with E-state index in [0.717, 1.165) is 11.4 Å². The number of aliphatic hydroxyl groups excluding tert-OH is 1. The average molecular weight is 367 g/mol. The summed E-state index contributed by atoms with van der Waals surface area (Å²) in [6, 6.07) is 11.6. The van der Waals surface area contributed by atoms with Crippen LogP contribution < -0.4 is 0 Å². The van der Waals surface area contributed by atoms with E-state index in [4.69, 9.17) is 10.2 Å². The Morgan fingerprint density at radius 2 is 1.64 bits per heavy atom. The highest BCUT2D eigenvalue weighted by Gasteiger charge is 2.28. The van der Waals surface area contributed by atoms with Gasteiger partial charge in [0.15, 0.2) is 0 Å². The van der Waals surface area contributed by atoms with Gasteiger partial charge in [0, 0.05) is 19.0 Å². The zero-order valence-electron chi connectivity index (χ0n) is 12.3. The molecule has 0 saturated carbocycles. The quantitative estimate of drug-likeness (QED) is 0.794. The fraction of sp³-hybridized carbons (Fsp3) is 0.312. The average Bonchev–Trinajstić information content (AvgIpc) is 2.55. The van der Waals surface area contributed by atoms with Gasteiger partial charge in [-0.05, 0) is 44.0 Å². The molecular weight excluding hydrogens is 348 g/mol. The number of pyridine rings is 2. The Labute approximate surface area is 138 Å².